The number of aromatic hydroxyl groups is 1. The molecule has 0 saturated heterocycles. The first kappa shape index (κ1) is 13.6. The summed E-state index contributed by atoms with van der Waals surface area (Å²) in [5.74, 6) is 0.0424. The molecule has 2 aromatic rings. The molecule has 1 aliphatic rings. The third-order valence-electron chi connectivity index (χ3n) is 3.82. The van der Waals surface area contributed by atoms with E-state index in [-0.39, 0.29) is 24.1 Å². The summed E-state index contributed by atoms with van der Waals surface area (Å²) in [7, 11) is 0. The summed E-state index contributed by atoms with van der Waals surface area (Å²) in [5, 5.41) is 22.2. The lowest BCUT2D eigenvalue weighted by atomic mass is 10.1. The number of phenolic OH excluding ortho intramolecular Hbond substituents is 1. The SMILES string of the molecule is O=C(Cc1ccc(O)cc1)N[C@H]1c2ccccc2C[C@H]1O. The predicted octanol–water partition coefficient (Wildman–Crippen LogP) is 1.71. The number of hydrogen-bond donors (Lipinski definition) is 3. The molecular formula is C17H17NO3. The van der Waals surface area contributed by atoms with Crippen molar-refractivity contribution in [2.75, 3.05) is 0 Å². The molecule has 0 saturated carbocycles. The Bertz CT molecular complexity index is 651. The molecule has 0 aromatic heterocycles. The van der Waals surface area contributed by atoms with Crippen LogP contribution in [-0.2, 0) is 17.6 Å². The van der Waals surface area contributed by atoms with Crippen molar-refractivity contribution < 1.29 is 15.0 Å². The van der Waals surface area contributed by atoms with Gasteiger partial charge in [0.25, 0.3) is 0 Å². The van der Waals surface area contributed by atoms with E-state index in [2.05, 4.69) is 5.32 Å². The van der Waals surface area contributed by atoms with Crippen molar-refractivity contribution in [2.24, 2.45) is 0 Å². The summed E-state index contributed by atoms with van der Waals surface area (Å²) < 4.78 is 0. The highest BCUT2D eigenvalue weighted by atomic mass is 16.3. The Morgan fingerprint density at radius 2 is 1.86 bits per heavy atom. The van der Waals surface area contributed by atoms with Crippen LogP contribution in [0.2, 0.25) is 0 Å². The van der Waals surface area contributed by atoms with Crippen LogP contribution in [0.3, 0.4) is 0 Å². The first-order chi connectivity index (χ1) is 10.1. The van der Waals surface area contributed by atoms with E-state index < -0.39 is 6.10 Å². The lowest BCUT2D eigenvalue weighted by Crippen LogP contribution is -2.34. The Balaban J connectivity index is 1.69. The Morgan fingerprint density at radius 3 is 2.62 bits per heavy atom. The van der Waals surface area contributed by atoms with Gasteiger partial charge in [0.15, 0.2) is 0 Å². The molecule has 1 aliphatic carbocycles. The summed E-state index contributed by atoms with van der Waals surface area (Å²) in [6.07, 6.45) is 0.220. The highest BCUT2D eigenvalue weighted by Crippen LogP contribution is 2.31. The number of fused-ring (bicyclic) bond motifs is 1. The lowest BCUT2D eigenvalue weighted by Gasteiger charge is -2.18. The van der Waals surface area contributed by atoms with Gasteiger partial charge in [-0.2, -0.15) is 0 Å². The summed E-state index contributed by atoms with van der Waals surface area (Å²) in [6.45, 7) is 0. The number of aliphatic hydroxyl groups is 1. The van der Waals surface area contributed by atoms with Crippen molar-refractivity contribution in [1.29, 1.82) is 0 Å². The molecule has 3 rings (SSSR count). The largest absolute Gasteiger partial charge is 0.508 e. The average molecular weight is 283 g/mol. The minimum absolute atomic E-state index is 0.138. The van der Waals surface area contributed by atoms with Crippen LogP contribution in [-0.4, -0.2) is 22.2 Å². The van der Waals surface area contributed by atoms with Crippen molar-refractivity contribution in [1.82, 2.24) is 5.32 Å². The minimum atomic E-state index is -0.578. The number of rotatable bonds is 3. The van der Waals surface area contributed by atoms with Gasteiger partial charge in [0, 0.05) is 6.42 Å². The van der Waals surface area contributed by atoms with Crippen LogP contribution in [0.4, 0.5) is 0 Å². The van der Waals surface area contributed by atoms with Gasteiger partial charge in [-0.25, -0.2) is 0 Å². The van der Waals surface area contributed by atoms with Gasteiger partial charge in [-0.05, 0) is 28.8 Å². The average Bonchev–Trinajstić information content (AvgIpc) is 2.78. The van der Waals surface area contributed by atoms with Gasteiger partial charge in [-0.15, -0.1) is 0 Å². The van der Waals surface area contributed by atoms with Crippen LogP contribution in [0.15, 0.2) is 48.5 Å². The zero-order chi connectivity index (χ0) is 14.8. The smallest absolute Gasteiger partial charge is 0.224 e. The van der Waals surface area contributed by atoms with E-state index in [1.807, 2.05) is 24.3 Å². The zero-order valence-corrected chi connectivity index (χ0v) is 11.5. The normalized spacial score (nSPS) is 20.0. The molecule has 0 bridgehead atoms. The van der Waals surface area contributed by atoms with Crippen LogP contribution in [0.1, 0.15) is 22.7 Å². The fraction of sp³-hybridized carbons (Fsp3) is 0.235. The van der Waals surface area contributed by atoms with E-state index in [9.17, 15) is 15.0 Å². The van der Waals surface area contributed by atoms with Gasteiger partial charge in [0.1, 0.15) is 5.75 Å². The molecule has 0 radical (unpaired) electrons. The number of carbonyl (C=O) groups is 1. The maximum absolute atomic E-state index is 12.1. The number of phenols is 1. The lowest BCUT2D eigenvalue weighted by molar-refractivity contribution is -0.121. The molecule has 0 fully saturated rings. The maximum atomic E-state index is 12.1. The number of benzene rings is 2. The van der Waals surface area contributed by atoms with Crippen LogP contribution in [0.25, 0.3) is 0 Å². The number of hydrogen-bond acceptors (Lipinski definition) is 3. The third-order valence-corrected chi connectivity index (χ3v) is 3.82. The highest BCUT2D eigenvalue weighted by Gasteiger charge is 2.31. The molecule has 2 atom stereocenters. The summed E-state index contributed by atoms with van der Waals surface area (Å²) in [5.41, 5.74) is 2.90. The van der Waals surface area contributed by atoms with Crippen molar-refractivity contribution in [2.45, 2.75) is 25.0 Å². The summed E-state index contributed by atoms with van der Waals surface area (Å²) in [4.78, 5) is 12.1. The van der Waals surface area contributed by atoms with Crippen LogP contribution < -0.4 is 5.32 Å². The van der Waals surface area contributed by atoms with E-state index in [1.54, 1.807) is 24.3 Å². The summed E-state index contributed by atoms with van der Waals surface area (Å²) in [6, 6.07) is 14.0. The second-order valence-electron chi connectivity index (χ2n) is 5.36. The number of amides is 1. The number of nitrogens with one attached hydrogen (secondary N) is 1. The van der Waals surface area contributed by atoms with E-state index in [0.29, 0.717) is 6.42 Å². The monoisotopic (exact) mass is 283 g/mol. The van der Waals surface area contributed by atoms with Gasteiger partial charge < -0.3 is 15.5 Å². The van der Waals surface area contributed by atoms with E-state index in [0.717, 1.165) is 16.7 Å². The van der Waals surface area contributed by atoms with Crippen molar-refractivity contribution in [3.63, 3.8) is 0 Å². The second kappa shape index (κ2) is 5.58. The standard InChI is InChI=1S/C17H17NO3/c19-13-7-5-11(6-8-13)9-16(21)18-17-14-4-2-1-3-12(14)10-15(17)20/h1-8,15,17,19-20H,9-10H2,(H,18,21)/t15-,17+/m1/s1. The molecule has 0 unspecified atom stereocenters. The van der Waals surface area contributed by atoms with Gasteiger partial charge in [-0.3, -0.25) is 4.79 Å². The number of aliphatic hydroxyl groups excluding tert-OH is 1. The van der Waals surface area contributed by atoms with Crippen LogP contribution in [0, 0.1) is 0 Å². The molecule has 108 valence electrons. The molecular weight excluding hydrogens is 266 g/mol. The van der Waals surface area contributed by atoms with Crippen molar-refractivity contribution >= 4 is 5.91 Å². The minimum Gasteiger partial charge on any atom is -0.508 e. The van der Waals surface area contributed by atoms with Crippen LogP contribution >= 0.6 is 0 Å². The second-order valence-corrected chi connectivity index (χ2v) is 5.36. The Hall–Kier alpha value is -2.33. The molecule has 21 heavy (non-hydrogen) atoms. The molecule has 0 spiro atoms. The molecule has 0 aliphatic heterocycles. The third kappa shape index (κ3) is 2.90. The Kier molecular flexibility index (Phi) is 3.62. The maximum Gasteiger partial charge on any atom is 0.224 e. The predicted molar refractivity (Wildman–Crippen MR) is 78.8 cm³/mol. The fourth-order valence-corrected chi connectivity index (χ4v) is 2.77. The number of carbonyl (C=O) groups excluding carboxylic acids is 1. The zero-order valence-electron chi connectivity index (χ0n) is 11.5. The Morgan fingerprint density at radius 1 is 1.14 bits per heavy atom. The van der Waals surface area contributed by atoms with E-state index in [1.165, 1.54) is 0 Å². The molecule has 0 heterocycles. The molecule has 4 nitrogen and oxygen atoms in total. The Labute approximate surface area is 123 Å². The molecule has 1 amide bonds. The van der Waals surface area contributed by atoms with Crippen LogP contribution in [0.5, 0.6) is 5.75 Å². The highest BCUT2D eigenvalue weighted by molar-refractivity contribution is 5.79. The first-order valence-electron chi connectivity index (χ1n) is 6.96. The summed E-state index contributed by atoms with van der Waals surface area (Å²) >= 11 is 0. The van der Waals surface area contributed by atoms with Gasteiger partial charge in [0.2, 0.25) is 5.91 Å². The van der Waals surface area contributed by atoms with Gasteiger partial charge in [-0.1, -0.05) is 36.4 Å². The molecule has 2 aromatic carbocycles. The topological polar surface area (TPSA) is 69.6 Å². The van der Waals surface area contributed by atoms with Gasteiger partial charge in [0.05, 0.1) is 18.6 Å². The fourth-order valence-electron chi connectivity index (χ4n) is 2.77. The molecule has 4 heteroatoms. The van der Waals surface area contributed by atoms with Crippen molar-refractivity contribution in [3.05, 3.63) is 65.2 Å². The van der Waals surface area contributed by atoms with E-state index >= 15 is 0 Å². The molecule has 3 N–H and O–H groups in total. The first-order valence-corrected chi connectivity index (χ1v) is 6.96. The van der Waals surface area contributed by atoms with Crippen molar-refractivity contribution in [3.8, 4) is 5.75 Å². The van der Waals surface area contributed by atoms with Gasteiger partial charge >= 0.3 is 0 Å². The quantitative estimate of drug-likeness (QED) is 0.803. The van der Waals surface area contributed by atoms with E-state index in [4.69, 9.17) is 0 Å².